The SMILES string of the molecule is Cc1nc(CCC2CCN(C(=O)c3cccnc3C)C2)no1. The molecule has 0 aliphatic carbocycles. The molecule has 2 aromatic heterocycles. The molecule has 1 aliphatic heterocycles. The van der Waals surface area contributed by atoms with Crippen LogP contribution in [-0.2, 0) is 6.42 Å². The minimum atomic E-state index is 0.0866. The zero-order chi connectivity index (χ0) is 15.5. The van der Waals surface area contributed by atoms with Gasteiger partial charge in [-0.25, -0.2) is 0 Å². The maximum atomic E-state index is 12.5. The van der Waals surface area contributed by atoms with E-state index >= 15 is 0 Å². The van der Waals surface area contributed by atoms with Crippen LogP contribution in [0.4, 0.5) is 0 Å². The Morgan fingerprint density at radius 3 is 3.05 bits per heavy atom. The predicted octanol–water partition coefficient (Wildman–Crippen LogP) is 2.18. The summed E-state index contributed by atoms with van der Waals surface area (Å²) < 4.78 is 4.98. The molecule has 6 heteroatoms. The monoisotopic (exact) mass is 300 g/mol. The van der Waals surface area contributed by atoms with E-state index in [4.69, 9.17) is 4.52 Å². The zero-order valence-electron chi connectivity index (χ0n) is 13.0. The molecule has 0 bridgehead atoms. The third kappa shape index (κ3) is 3.16. The quantitative estimate of drug-likeness (QED) is 0.865. The molecule has 1 fully saturated rings. The lowest BCUT2D eigenvalue weighted by Gasteiger charge is -2.17. The van der Waals surface area contributed by atoms with Crippen LogP contribution in [0.2, 0.25) is 0 Å². The Labute approximate surface area is 129 Å². The molecule has 0 spiro atoms. The molecule has 116 valence electrons. The second-order valence-electron chi connectivity index (χ2n) is 5.81. The number of carbonyl (C=O) groups is 1. The molecular weight excluding hydrogens is 280 g/mol. The fourth-order valence-electron chi connectivity index (χ4n) is 2.91. The number of hydrogen-bond acceptors (Lipinski definition) is 5. The number of aryl methyl sites for hydroxylation is 3. The van der Waals surface area contributed by atoms with E-state index in [9.17, 15) is 4.79 Å². The maximum absolute atomic E-state index is 12.5. The summed E-state index contributed by atoms with van der Waals surface area (Å²) in [7, 11) is 0. The highest BCUT2D eigenvalue weighted by Crippen LogP contribution is 2.23. The number of hydrogen-bond donors (Lipinski definition) is 0. The summed E-state index contributed by atoms with van der Waals surface area (Å²) in [6.45, 7) is 5.27. The fourth-order valence-corrected chi connectivity index (χ4v) is 2.91. The first kappa shape index (κ1) is 14.7. The lowest BCUT2D eigenvalue weighted by molar-refractivity contribution is 0.0785. The van der Waals surface area contributed by atoms with Gasteiger partial charge in [-0.2, -0.15) is 4.98 Å². The number of rotatable bonds is 4. The van der Waals surface area contributed by atoms with Crippen molar-refractivity contribution >= 4 is 5.91 Å². The van der Waals surface area contributed by atoms with Crippen molar-refractivity contribution < 1.29 is 9.32 Å². The highest BCUT2D eigenvalue weighted by atomic mass is 16.5. The lowest BCUT2D eigenvalue weighted by Crippen LogP contribution is -2.29. The van der Waals surface area contributed by atoms with Gasteiger partial charge in [0, 0.05) is 38.3 Å². The van der Waals surface area contributed by atoms with Crippen LogP contribution in [0, 0.1) is 19.8 Å². The number of aromatic nitrogens is 3. The first-order chi connectivity index (χ1) is 10.6. The molecule has 3 rings (SSSR count). The summed E-state index contributed by atoms with van der Waals surface area (Å²) in [5.74, 6) is 1.94. The van der Waals surface area contributed by atoms with Crippen LogP contribution in [0.25, 0.3) is 0 Å². The van der Waals surface area contributed by atoms with Crippen LogP contribution < -0.4 is 0 Å². The summed E-state index contributed by atoms with van der Waals surface area (Å²) in [5.41, 5.74) is 1.50. The highest BCUT2D eigenvalue weighted by molar-refractivity contribution is 5.95. The largest absolute Gasteiger partial charge is 0.340 e. The number of pyridine rings is 1. The van der Waals surface area contributed by atoms with Crippen LogP contribution in [0.15, 0.2) is 22.9 Å². The summed E-state index contributed by atoms with van der Waals surface area (Å²) >= 11 is 0. The van der Waals surface area contributed by atoms with Crippen LogP contribution in [0.1, 0.15) is 40.6 Å². The maximum Gasteiger partial charge on any atom is 0.255 e. The molecule has 6 nitrogen and oxygen atoms in total. The Balaban J connectivity index is 1.56. The summed E-state index contributed by atoms with van der Waals surface area (Å²) in [6.07, 6.45) is 4.53. The van der Waals surface area contributed by atoms with Gasteiger partial charge in [0.15, 0.2) is 5.82 Å². The molecule has 1 amide bonds. The van der Waals surface area contributed by atoms with Gasteiger partial charge < -0.3 is 9.42 Å². The van der Waals surface area contributed by atoms with Crippen molar-refractivity contribution in [3.8, 4) is 0 Å². The van der Waals surface area contributed by atoms with E-state index in [0.29, 0.717) is 17.4 Å². The van der Waals surface area contributed by atoms with E-state index < -0.39 is 0 Å². The normalized spacial score (nSPS) is 17.9. The molecule has 1 saturated heterocycles. The van der Waals surface area contributed by atoms with Crippen LogP contribution in [0.5, 0.6) is 0 Å². The van der Waals surface area contributed by atoms with Gasteiger partial charge in [0.05, 0.1) is 5.56 Å². The smallest absolute Gasteiger partial charge is 0.255 e. The average molecular weight is 300 g/mol. The molecule has 0 aromatic carbocycles. The molecular formula is C16H20N4O2. The second kappa shape index (κ2) is 6.25. The average Bonchev–Trinajstić information content (AvgIpc) is 3.14. The van der Waals surface area contributed by atoms with Crippen molar-refractivity contribution in [3.05, 3.63) is 41.3 Å². The molecule has 1 aliphatic rings. The minimum absolute atomic E-state index is 0.0866. The van der Waals surface area contributed by atoms with Crippen LogP contribution in [-0.4, -0.2) is 39.0 Å². The number of amides is 1. The molecule has 3 heterocycles. The van der Waals surface area contributed by atoms with Crippen molar-refractivity contribution in [2.24, 2.45) is 5.92 Å². The van der Waals surface area contributed by atoms with Gasteiger partial charge in [-0.15, -0.1) is 0 Å². The van der Waals surface area contributed by atoms with Gasteiger partial charge >= 0.3 is 0 Å². The van der Waals surface area contributed by atoms with Gasteiger partial charge in [-0.1, -0.05) is 5.16 Å². The summed E-state index contributed by atoms with van der Waals surface area (Å²) in [4.78, 5) is 22.9. The van der Waals surface area contributed by atoms with Crippen molar-refractivity contribution in [2.45, 2.75) is 33.1 Å². The minimum Gasteiger partial charge on any atom is -0.340 e. The van der Waals surface area contributed by atoms with Gasteiger partial charge in [-0.05, 0) is 37.8 Å². The van der Waals surface area contributed by atoms with E-state index in [-0.39, 0.29) is 5.91 Å². The standard InChI is InChI=1S/C16H20N4O2/c1-11-14(4-3-8-17-11)16(21)20-9-7-13(10-20)5-6-15-18-12(2)22-19-15/h3-4,8,13H,5-7,9-10H2,1-2H3. The molecule has 1 atom stereocenters. The summed E-state index contributed by atoms with van der Waals surface area (Å²) in [5, 5.41) is 3.92. The van der Waals surface area contributed by atoms with Gasteiger partial charge in [0.25, 0.3) is 5.91 Å². The van der Waals surface area contributed by atoms with Gasteiger partial charge in [0.2, 0.25) is 5.89 Å². The molecule has 2 aromatic rings. The van der Waals surface area contributed by atoms with E-state index in [1.807, 2.05) is 24.0 Å². The van der Waals surface area contributed by atoms with Crippen molar-refractivity contribution in [1.29, 1.82) is 0 Å². The Bertz CT molecular complexity index is 668. The Morgan fingerprint density at radius 1 is 1.45 bits per heavy atom. The third-order valence-corrected chi connectivity index (χ3v) is 4.16. The summed E-state index contributed by atoms with van der Waals surface area (Å²) in [6, 6.07) is 3.66. The van der Waals surface area contributed by atoms with Crippen LogP contribution >= 0.6 is 0 Å². The number of likely N-dealkylation sites (tertiary alicyclic amines) is 1. The Morgan fingerprint density at radius 2 is 2.32 bits per heavy atom. The van der Waals surface area contributed by atoms with E-state index in [2.05, 4.69) is 15.1 Å². The molecule has 0 radical (unpaired) electrons. The van der Waals surface area contributed by atoms with Gasteiger partial charge in [-0.3, -0.25) is 9.78 Å². The molecule has 1 unspecified atom stereocenters. The van der Waals surface area contributed by atoms with Gasteiger partial charge in [0.1, 0.15) is 0 Å². The highest BCUT2D eigenvalue weighted by Gasteiger charge is 2.27. The molecule has 22 heavy (non-hydrogen) atoms. The van der Waals surface area contributed by atoms with Crippen molar-refractivity contribution in [3.63, 3.8) is 0 Å². The van der Waals surface area contributed by atoms with E-state index in [1.54, 1.807) is 13.1 Å². The molecule has 0 N–H and O–H groups in total. The first-order valence-electron chi connectivity index (χ1n) is 7.63. The van der Waals surface area contributed by atoms with Crippen molar-refractivity contribution in [2.75, 3.05) is 13.1 Å². The number of carbonyl (C=O) groups excluding carboxylic acids is 1. The third-order valence-electron chi connectivity index (χ3n) is 4.16. The first-order valence-corrected chi connectivity index (χ1v) is 7.63. The van der Waals surface area contributed by atoms with Crippen LogP contribution in [0.3, 0.4) is 0 Å². The van der Waals surface area contributed by atoms with E-state index in [1.165, 1.54) is 0 Å². The van der Waals surface area contributed by atoms with E-state index in [0.717, 1.165) is 43.9 Å². The fraction of sp³-hybridized carbons (Fsp3) is 0.500. The van der Waals surface area contributed by atoms with Crippen molar-refractivity contribution in [1.82, 2.24) is 20.0 Å². The topological polar surface area (TPSA) is 72.1 Å². The molecule has 0 saturated carbocycles. The lowest BCUT2D eigenvalue weighted by atomic mass is 10.0. The predicted molar refractivity (Wildman–Crippen MR) is 80.3 cm³/mol. The Hall–Kier alpha value is -2.24. The second-order valence-corrected chi connectivity index (χ2v) is 5.81. The number of nitrogens with zero attached hydrogens (tertiary/aromatic N) is 4. The Kier molecular flexibility index (Phi) is 4.18. The zero-order valence-corrected chi connectivity index (χ0v) is 13.0.